The Hall–Kier alpha value is -0.0400. The summed E-state index contributed by atoms with van der Waals surface area (Å²) in [5.41, 5.74) is -0.370. The minimum absolute atomic E-state index is 0.370. The molecule has 1 N–H and O–H groups in total. The Bertz CT molecular complexity index is 197. The average molecular weight is 210 g/mol. The molecule has 0 heterocycles. The molecule has 0 aromatic heterocycles. The van der Waals surface area contributed by atoms with E-state index in [1.54, 1.807) is 0 Å². The van der Waals surface area contributed by atoms with Crippen molar-refractivity contribution in [3.8, 4) is 0 Å². The Morgan fingerprint density at radius 3 is 2.13 bits per heavy atom. The van der Waals surface area contributed by atoms with Gasteiger partial charge in [-0.15, -0.1) is 0 Å². The zero-order chi connectivity index (χ0) is 10.9. The van der Waals surface area contributed by atoms with Gasteiger partial charge in [-0.05, 0) is 43.9 Å². The third-order valence-corrected chi connectivity index (χ3v) is 4.82. The fourth-order valence-electron chi connectivity index (χ4n) is 3.33. The zero-order valence-electron chi connectivity index (χ0n) is 10.3. The van der Waals surface area contributed by atoms with Crippen LogP contribution in [0.2, 0.25) is 0 Å². The van der Waals surface area contributed by atoms with E-state index in [1.807, 2.05) is 0 Å². The van der Waals surface area contributed by atoms with Gasteiger partial charge in [0.15, 0.2) is 0 Å². The van der Waals surface area contributed by atoms with E-state index < -0.39 is 0 Å². The van der Waals surface area contributed by atoms with Gasteiger partial charge in [-0.3, -0.25) is 0 Å². The minimum Gasteiger partial charge on any atom is -0.390 e. The second-order valence-electron chi connectivity index (χ2n) is 6.32. The van der Waals surface area contributed by atoms with Crippen LogP contribution in [0, 0.1) is 17.8 Å². The molecule has 0 amide bonds. The zero-order valence-corrected chi connectivity index (χ0v) is 10.3. The van der Waals surface area contributed by atoms with Gasteiger partial charge < -0.3 is 5.11 Å². The Morgan fingerprint density at radius 1 is 1.07 bits per heavy atom. The number of aliphatic hydroxyl groups is 1. The fourth-order valence-corrected chi connectivity index (χ4v) is 3.33. The topological polar surface area (TPSA) is 20.2 Å². The van der Waals surface area contributed by atoms with E-state index in [0.29, 0.717) is 5.92 Å². The van der Waals surface area contributed by atoms with Crippen molar-refractivity contribution in [1.82, 2.24) is 0 Å². The number of hydrogen-bond donors (Lipinski definition) is 1. The normalized spacial score (nSPS) is 37.0. The van der Waals surface area contributed by atoms with Crippen molar-refractivity contribution in [1.29, 1.82) is 0 Å². The van der Waals surface area contributed by atoms with Crippen LogP contribution in [0.3, 0.4) is 0 Å². The number of hydrogen-bond acceptors (Lipinski definition) is 1. The monoisotopic (exact) mass is 210 g/mol. The van der Waals surface area contributed by atoms with Gasteiger partial charge in [0.2, 0.25) is 0 Å². The first kappa shape index (κ1) is 11.4. The van der Waals surface area contributed by atoms with Crippen molar-refractivity contribution in [3.05, 3.63) is 0 Å². The molecule has 2 rings (SSSR count). The number of rotatable bonds is 3. The quantitative estimate of drug-likeness (QED) is 0.752. The van der Waals surface area contributed by atoms with E-state index in [0.717, 1.165) is 18.3 Å². The molecule has 1 atom stereocenters. The van der Waals surface area contributed by atoms with Gasteiger partial charge in [-0.25, -0.2) is 0 Å². The first-order valence-corrected chi connectivity index (χ1v) is 6.80. The third-order valence-electron chi connectivity index (χ3n) is 4.82. The van der Waals surface area contributed by atoms with Gasteiger partial charge in [-0.2, -0.15) is 0 Å². The van der Waals surface area contributed by atoms with Crippen LogP contribution in [0.4, 0.5) is 0 Å². The maximum absolute atomic E-state index is 10.6. The SMILES string of the molecule is CC1CCC(C(C)(O)CC2CCC2)CC1. The van der Waals surface area contributed by atoms with Crippen LogP contribution in [0.25, 0.3) is 0 Å². The molecule has 2 saturated carbocycles. The first-order chi connectivity index (χ1) is 7.08. The Labute approximate surface area is 94.3 Å². The van der Waals surface area contributed by atoms with Crippen LogP contribution in [-0.2, 0) is 0 Å². The molecule has 1 heteroatoms. The molecule has 88 valence electrons. The van der Waals surface area contributed by atoms with E-state index in [2.05, 4.69) is 13.8 Å². The van der Waals surface area contributed by atoms with E-state index in [9.17, 15) is 5.11 Å². The van der Waals surface area contributed by atoms with Crippen molar-refractivity contribution in [2.24, 2.45) is 17.8 Å². The molecule has 15 heavy (non-hydrogen) atoms. The maximum atomic E-state index is 10.6. The largest absolute Gasteiger partial charge is 0.390 e. The van der Waals surface area contributed by atoms with Crippen LogP contribution < -0.4 is 0 Å². The van der Waals surface area contributed by atoms with Crippen LogP contribution in [0.15, 0.2) is 0 Å². The van der Waals surface area contributed by atoms with Gasteiger partial charge in [-0.1, -0.05) is 39.0 Å². The summed E-state index contributed by atoms with van der Waals surface area (Å²) < 4.78 is 0. The van der Waals surface area contributed by atoms with E-state index in [4.69, 9.17) is 0 Å². The lowest BCUT2D eigenvalue weighted by Gasteiger charge is -2.41. The van der Waals surface area contributed by atoms with Crippen LogP contribution in [0.5, 0.6) is 0 Å². The molecular formula is C14H26O. The summed E-state index contributed by atoms with van der Waals surface area (Å²) in [6.45, 7) is 4.43. The fraction of sp³-hybridized carbons (Fsp3) is 1.00. The van der Waals surface area contributed by atoms with E-state index in [-0.39, 0.29) is 5.60 Å². The van der Waals surface area contributed by atoms with Crippen molar-refractivity contribution in [3.63, 3.8) is 0 Å². The van der Waals surface area contributed by atoms with E-state index >= 15 is 0 Å². The van der Waals surface area contributed by atoms with Gasteiger partial charge in [0, 0.05) is 0 Å². The lowest BCUT2D eigenvalue weighted by atomic mass is 9.68. The van der Waals surface area contributed by atoms with Crippen LogP contribution in [0.1, 0.15) is 65.2 Å². The highest BCUT2D eigenvalue weighted by Crippen LogP contribution is 2.42. The highest BCUT2D eigenvalue weighted by molar-refractivity contribution is 4.89. The lowest BCUT2D eigenvalue weighted by Crippen LogP contribution is -2.39. The van der Waals surface area contributed by atoms with Gasteiger partial charge >= 0.3 is 0 Å². The van der Waals surface area contributed by atoms with Crippen molar-refractivity contribution < 1.29 is 5.11 Å². The summed E-state index contributed by atoms with van der Waals surface area (Å²) in [4.78, 5) is 0. The molecule has 0 aromatic rings. The second-order valence-corrected chi connectivity index (χ2v) is 6.32. The summed E-state index contributed by atoms with van der Waals surface area (Å²) in [6.07, 6.45) is 10.3. The molecule has 1 nitrogen and oxygen atoms in total. The van der Waals surface area contributed by atoms with Gasteiger partial charge in [0.25, 0.3) is 0 Å². The van der Waals surface area contributed by atoms with Gasteiger partial charge in [0.05, 0.1) is 5.60 Å². The van der Waals surface area contributed by atoms with Crippen molar-refractivity contribution in [2.75, 3.05) is 0 Å². The second kappa shape index (κ2) is 4.45. The molecule has 2 aliphatic carbocycles. The lowest BCUT2D eigenvalue weighted by molar-refractivity contribution is -0.0482. The Morgan fingerprint density at radius 2 is 1.67 bits per heavy atom. The first-order valence-electron chi connectivity index (χ1n) is 6.80. The van der Waals surface area contributed by atoms with Crippen molar-refractivity contribution in [2.45, 2.75) is 70.8 Å². The minimum atomic E-state index is -0.370. The predicted molar refractivity (Wildman–Crippen MR) is 63.7 cm³/mol. The highest BCUT2D eigenvalue weighted by Gasteiger charge is 2.37. The molecule has 0 aliphatic heterocycles. The Balaban J connectivity index is 1.83. The highest BCUT2D eigenvalue weighted by atomic mass is 16.3. The third kappa shape index (κ3) is 2.75. The molecule has 0 aromatic carbocycles. The van der Waals surface area contributed by atoms with E-state index in [1.165, 1.54) is 44.9 Å². The molecule has 1 unspecified atom stereocenters. The molecule has 0 bridgehead atoms. The molecule has 2 fully saturated rings. The predicted octanol–water partition coefficient (Wildman–Crippen LogP) is 3.75. The summed E-state index contributed by atoms with van der Waals surface area (Å²) >= 11 is 0. The molecular weight excluding hydrogens is 184 g/mol. The molecule has 0 spiro atoms. The summed E-state index contributed by atoms with van der Waals surface area (Å²) in [7, 11) is 0. The summed E-state index contributed by atoms with van der Waals surface area (Å²) in [5, 5.41) is 10.6. The average Bonchev–Trinajstić information content (AvgIpc) is 2.13. The molecule has 0 saturated heterocycles. The van der Waals surface area contributed by atoms with Crippen LogP contribution >= 0.6 is 0 Å². The molecule has 0 radical (unpaired) electrons. The van der Waals surface area contributed by atoms with Crippen LogP contribution in [-0.4, -0.2) is 10.7 Å². The van der Waals surface area contributed by atoms with Crippen molar-refractivity contribution >= 4 is 0 Å². The standard InChI is InChI=1S/C14H26O/c1-11-6-8-13(9-7-11)14(2,15)10-12-4-3-5-12/h11-13,15H,3-10H2,1-2H3. The molecule has 2 aliphatic rings. The maximum Gasteiger partial charge on any atom is 0.0650 e. The summed E-state index contributed by atoms with van der Waals surface area (Å²) in [5.74, 6) is 2.30. The van der Waals surface area contributed by atoms with Gasteiger partial charge in [0.1, 0.15) is 0 Å². The summed E-state index contributed by atoms with van der Waals surface area (Å²) in [6, 6.07) is 0. The Kier molecular flexibility index (Phi) is 3.39. The smallest absolute Gasteiger partial charge is 0.0650 e.